The smallest absolute Gasteiger partial charge is 0.0837 e. The van der Waals surface area contributed by atoms with Crippen molar-refractivity contribution in [3.63, 3.8) is 0 Å². The first kappa shape index (κ1) is 15.1. The molecule has 20 heavy (non-hydrogen) atoms. The van der Waals surface area contributed by atoms with Gasteiger partial charge in [0.05, 0.1) is 23.0 Å². The first-order valence-electron chi connectivity index (χ1n) is 7.04. The van der Waals surface area contributed by atoms with Gasteiger partial charge in [0.25, 0.3) is 0 Å². The molecular weight excluding hydrogens is 270 g/mol. The van der Waals surface area contributed by atoms with Crippen LogP contribution < -0.4 is 5.32 Å². The Balaban J connectivity index is 2.55. The summed E-state index contributed by atoms with van der Waals surface area (Å²) in [6.45, 7) is 7.31. The molecule has 0 saturated carbocycles. The van der Waals surface area contributed by atoms with Gasteiger partial charge in [-0.05, 0) is 44.0 Å². The highest BCUT2D eigenvalue weighted by Crippen LogP contribution is 2.31. The fourth-order valence-electron chi connectivity index (χ4n) is 2.75. The minimum atomic E-state index is 0.0674. The fraction of sp³-hybridized carbons (Fsp3) is 0.438. The Bertz CT molecular complexity index is 569. The summed E-state index contributed by atoms with van der Waals surface area (Å²) in [6.07, 6.45) is 2.78. The maximum atomic E-state index is 6.39. The molecule has 108 valence electrons. The Morgan fingerprint density at radius 3 is 2.50 bits per heavy atom. The molecule has 4 heteroatoms. The molecule has 0 spiro atoms. The summed E-state index contributed by atoms with van der Waals surface area (Å²) in [5, 5.41) is 8.52. The van der Waals surface area contributed by atoms with E-state index in [-0.39, 0.29) is 6.04 Å². The average molecular weight is 292 g/mol. The van der Waals surface area contributed by atoms with E-state index in [0.717, 1.165) is 23.7 Å². The van der Waals surface area contributed by atoms with Gasteiger partial charge in [0.15, 0.2) is 0 Å². The number of hydrogen-bond acceptors (Lipinski definition) is 2. The first-order chi connectivity index (χ1) is 9.60. The van der Waals surface area contributed by atoms with Crippen LogP contribution in [-0.4, -0.2) is 16.8 Å². The lowest BCUT2D eigenvalue weighted by Crippen LogP contribution is -2.23. The van der Waals surface area contributed by atoms with Crippen LogP contribution in [0.3, 0.4) is 0 Å². The maximum absolute atomic E-state index is 6.39. The molecule has 0 aliphatic rings. The third-order valence-electron chi connectivity index (χ3n) is 3.66. The van der Waals surface area contributed by atoms with E-state index in [4.69, 9.17) is 11.6 Å². The lowest BCUT2D eigenvalue weighted by Gasteiger charge is -2.23. The van der Waals surface area contributed by atoms with Gasteiger partial charge in [-0.25, -0.2) is 0 Å². The van der Waals surface area contributed by atoms with Gasteiger partial charge in [0.2, 0.25) is 0 Å². The van der Waals surface area contributed by atoms with Crippen LogP contribution in [0.4, 0.5) is 0 Å². The van der Waals surface area contributed by atoms with E-state index < -0.39 is 0 Å². The van der Waals surface area contributed by atoms with Crippen molar-refractivity contribution < 1.29 is 0 Å². The maximum Gasteiger partial charge on any atom is 0.0837 e. The topological polar surface area (TPSA) is 29.9 Å². The van der Waals surface area contributed by atoms with Crippen LogP contribution in [0.25, 0.3) is 0 Å². The third kappa shape index (κ3) is 2.74. The number of hydrogen-bond donors (Lipinski definition) is 1. The highest BCUT2D eigenvalue weighted by Gasteiger charge is 2.23. The summed E-state index contributed by atoms with van der Waals surface area (Å²) in [6, 6.07) is 6.44. The number of nitrogens with one attached hydrogen (secondary N) is 1. The van der Waals surface area contributed by atoms with E-state index in [1.54, 1.807) is 6.20 Å². The average Bonchev–Trinajstić information content (AvgIpc) is 2.76. The van der Waals surface area contributed by atoms with Crippen LogP contribution in [0.5, 0.6) is 0 Å². The van der Waals surface area contributed by atoms with Crippen LogP contribution in [0.2, 0.25) is 5.02 Å². The summed E-state index contributed by atoms with van der Waals surface area (Å²) in [7, 11) is 1.97. The van der Waals surface area contributed by atoms with Crippen LogP contribution >= 0.6 is 11.6 Å². The van der Waals surface area contributed by atoms with E-state index >= 15 is 0 Å². The van der Waals surface area contributed by atoms with Gasteiger partial charge in [-0.1, -0.05) is 36.7 Å². The summed E-state index contributed by atoms with van der Waals surface area (Å²) < 4.78 is 2.01. The van der Waals surface area contributed by atoms with E-state index in [2.05, 4.69) is 49.4 Å². The molecule has 0 bridgehead atoms. The molecule has 0 aliphatic carbocycles. The molecule has 1 aromatic heterocycles. The van der Waals surface area contributed by atoms with E-state index in [9.17, 15) is 0 Å². The van der Waals surface area contributed by atoms with E-state index in [1.165, 1.54) is 16.7 Å². The van der Waals surface area contributed by atoms with Gasteiger partial charge in [-0.2, -0.15) is 5.10 Å². The van der Waals surface area contributed by atoms with Gasteiger partial charge in [-0.3, -0.25) is 4.68 Å². The molecule has 0 aliphatic heterocycles. The predicted molar refractivity (Wildman–Crippen MR) is 84.3 cm³/mol. The van der Waals surface area contributed by atoms with E-state index in [0.29, 0.717) is 0 Å². The molecule has 1 N–H and O–H groups in total. The zero-order chi connectivity index (χ0) is 14.7. The summed E-state index contributed by atoms with van der Waals surface area (Å²) in [5.41, 5.74) is 4.87. The molecule has 0 saturated heterocycles. The second-order valence-corrected chi connectivity index (χ2v) is 5.54. The Kier molecular flexibility index (Phi) is 4.84. The highest BCUT2D eigenvalue weighted by molar-refractivity contribution is 6.31. The van der Waals surface area contributed by atoms with Gasteiger partial charge in [-0.15, -0.1) is 0 Å². The molecule has 0 amide bonds. The predicted octanol–water partition coefficient (Wildman–Crippen LogP) is 3.87. The lowest BCUT2D eigenvalue weighted by atomic mass is 9.94. The van der Waals surface area contributed by atoms with Crippen molar-refractivity contribution in [2.45, 2.75) is 39.8 Å². The van der Waals surface area contributed by atoms with Crippen LogP contribution in [-0.2, 0) is 6.54 Å². The SMILES string of the molecule is CCCn1ncc(Cl)c1C(NC)c1c(C)cccc1C. The minimum absolute atomic E-state index is 0.0674. The number of halogens is 1. The number of nitrogens with zero attached hydrogens (tertiary/aromatic N) is 2. The Hall–Kier alpha value is -1.32. The first-order valence-corrected chi connectivity index (χ1v) is 7.42. The van der Waals surface area contributed by atoms with Crippen molar-refractivity contribution in [2.24, 2.45) is 0 Å². The Morgan fingerprint density at radius 1 is 1.30 bits per heavy atom. The van der Waals surface area contributed by atoms with Crippen LogP contribution in [0, 0.1) is 13.8 Å². The third-order valence-corrected chi connectivity index (χ3v) is 3.95. The zero-order valence-corrected chi connectivity index (χ0v) is 13.3. The quantitative estimate of drug-likeness (QED) is 0.906. The van der Waals surface area contributed by atoms with Gasteiger partial charge >= 0.3 is 0 Å². The fourth-order valence-corrected chi connectivity index (χ4v) is 3.00. The van der Waals surface area contributed by atoms with Gasteiger partial charge < -0.3 is 5.32 Å². The van der Waals surface area contributed by atoms with Crippen molar-refractivity contribution in [2.75, 3.05) is 7.05 Å². The largest absolute Gasteiger partial charge is 0.308 e. The monoisotopic (exact) mass is 291 g/mol. The molecule has 2 rings (SSSR count). The molecule has 1 atom stereocenters. The van der Waals surface area contributed by atoms with Crippen molar-refractivity contribution in [3.05, 3.63) is 51.8 Å². The van der Waals surface area contributed by atoms with Crippen LogP contribution in [0.15, 0.2) is 24.4 Å². The second kappa shape index (κ2) is 6.42. The Morgan fingerprint density at radius 2 is 1.95 bits per heavy atom. The summed E-state index contributed by atoms with van der Waals surface area (Å²) in [4.78, 5) is 0. The minimum Gasteiger partial charge on any atom is -0.308 e. The lowest BCUT2D eigenvalue weighted by molar-refractivity contribution is 0.533. The number of aromatic nitrogens is 2. The summed E-state index contributed by atoms with van der Waals surface area (Å²) >= 11 is 6.39. The molecule has 0 radical (unpaired) electrons. The van der Waals surface area contributed by atoms with Crippen LogP contribution in [0.1, 0.15) is 41.8 Å². The van der Waals surface area contributed by atoms with E-state index in [1.807, 2.05) is 11.7 Å². The number of benzene rings is 1. The van der Waals surface area contributed by atoms with Gasteiger partial charge in [0, 0.05) is 6.54 Å². The molecule has 1 aromatic carbocycles. The highest BCUT2D eigenvalue weighted by atomic mass is 35.5. The van der Waals surface area contributed by atoms with Crippen molar-refractivity contribution >= 4 is 11.6 Å². The zero-order valence-electron chi connectivity index (χ0n) is 12.6. The molecule has 3 nitrogen and oxygen atoms in total. The molecule has 2 aromatic rings. The summed E-state index contributed by atoms with van der Waals surface area (Å²) in [5.74, 6) is 0. The molecular formula is C16H22ClN3. The number of aryl methyl sites for hydroxylation is 3. The number of rotatable bonds is 5. The normalized spacial score (nSPS) is 12.7. The van der Waals surface area contributed by atoms with Crippen molar-refractivity contribution in [1.82, 2.24) is 15.1 Å². The van der Waals surface area contributed by atoms with Gasteiger partial charge in [0.1, 0.15) is 0 Å². The standard InChI is InChI=1S/C16H22ClN3/c1-5-9-20-16(13(17)10-19-20)15(18-4)14-11(2)7-6-8-12(14)3/h6-8,10,15,18H,5,9H2,1-4H3. The molecule has 1 unspecified atom stereocenters. The Labute approximate surface area is 126 Å². The molecule has 0 fully saturated rings. The van der Waals surface area contributed by atoms with Crippen molar-refractivity contribution in [3.8, 4) is 0 Å². The molecule has 1 heterocycles. The van der Waals surface area contributed by atoms with Crippen molar-refractivity contribution in [1.29, 1.82) is 0 Å². The second-order valence-electron chi connectivity index (χ2n) is 5.13.